The molecule has 0 aliphatic carbocycles. The number of phenols is 3. The molecule has 0 unspecified atom stereocenters. The standard InChI is InChI=1S/C13H18N2O.C9H7F3O5S.C9H7NO2.C8H5NO2.C8H8O3/c1-3-12(4-2)15-9-10-5-6-11(8-14)13(16)7-10;1-16-8-4-6(5-13)2-3-7(8)17-18(14,15)9(10,11)12;1-12-9-4-7(6-11)2-3-8(9)5-10;9-4-7-2-1-6(5-10)3-8(7)11;1-11-8-4-6(5-9)2-3-7(8)10/h5-7,12,15-16H,3-4,9H2,1-2H3;2-5H,1H3;2-4,6H,1H3;1-3,5,11H;2-5,10H,1H3. The maximum absolute atomic E-state index is 12.1. The molecule has 0 saturated carbocycles. The fourth-order valence-electron chi connectivity index (χ4n) is 4.97. The fourth-order valence-corrected chi connectivity index (χ4v) is 5.44. The highest BCUT2D eigenvalue weighted by Crippen LogP contribution is 2.33. The zero-order valence-corrected chi connectivity index (χ0v) is 37.8. The lowest BCUT2D eigenvalue weighted by Crippen LogP contribution is -2.28. The summed E-state index contributed by atoms with van der Waals surface area (Å²) in [6.07, 6.45) is 4.63. The highest BCUT2D eigenvalue weighted by molar-refractivity contribution is 7.88. The Kier molecular flexibility index (Phi) is 24.7. The Morgan fingerprint density at radius 1 is 0.574 bits per heavy atom. The number of benzene rings is 5. The van der Waals surface area contributed by atoms with Gasteiger partial charge in [0.15, 0.2) is 23.0 Å². The molecule has 4 N–H and O–H groups in total. The van der Waals surface area contributed by atoms with Crippen LogP contribution >= 0.6 is 0 Å². The van der Waals surface area contributed by atoms with Crippen LogP contribution in [0.25, 0.3) is 0 Å². The van der Waals surface area contributed by atoms with E-state index in [4.69, 9.17) is 35.5 Å². The third kappa shape index (κ3) is 18.6. The summed E-state index contributed by atoms with van der Waals surface area (Å²) in [6.45, 7) is 5.03. The third-order valence-electron chi connectivity index (χ3n) is 8.67. The normalized spacial score (nSPS) is 10.0. The molecule has 5 aromatic rings. The summed E-state index contributed by atoms with van der Waals surface area (Å²) in [4.78, 5) is 41.2. The second kappa shape index (κ2) is 29.2. The fraction of sp³-hybridized carbons (Fsp3) is 0.213. The van der Waals surface area contributed by atoms with Gasteiger partial charge >= 0.3 is 15.6 Å². The van der Waals surface area contributed by atoms with Crippen molar-refractivity contribution in [3.63, 3.8) is 0 Å². The second-order valence-electron chi connectivity index (χ2n) is 13.1. The first-order chi connectivity index (χ1) is 32.3. The Labute approximate surface area is 389 Å². The van der Waals surface area contributed by atoms with E-state index in [1.807, 2.05) is 18.2 Å². The largest absolute Gasteiger partial charge is 0.534 e. The number of aldehydes is 4. The van der Waals surface area contributed by atoms with Crippen molar-refractivity contribution in [3.8, 4) is 58.5 Å². The van der Waals surface area contributed by atoms with Crippen LogP contribution in [0.2, 0.25) is 0 Å². The third-order valence-corrected chi connectivity index (χ3v) is 9.64. The molecule has 5 rings (SSSR count). The quantitative estimate of drug-likeness (QED) is 0.0466. The average molecular weight is 963 g/mol. The number of hydrogen-bond acceptors (Lipinski definition) is 17. The van der Waals surface area contributed by atoms with Crippen molar-refractivity contribution < 1.29 is 74.5 Å². The summed E-state index contributed by atoms with van der Waals surface area (Å²) in [6, 6.07) is 27.6. The maximum Gasteiger partial charge on any atom is 0.534 e. The van der Waals surface area contributed by atoms with Crippen molar-refractivity contribution in [3.05, 3.63) is 136 Å². The van der Waals surface area contributed by atoms with Crippen LogP contribution in [-0.2, 0) is 16.7 Å². The molecule has 0 saturated heterocycles. The number of halogens is 3. The zero-order chi connectivity index (χ0) is 51.5. The molecule has 0 fully saturated rings. The van der Waals surface area contributed by atoms with Crippen molar-refractivity contribution in [2.75, 3.05) is 21.3 Å². The molecular formula is C47H45F3N4O13S. The smallest absolute Gasteiger partial charge is 0.507 e. The van der Waals surface area contributed by atoms with Gasteiger partial charge in [-0.25, -0.2) is 0 Å². The van der Waals surface area contributed by atoms with E-state index < -0.39 is 21.4 Å². The van der Waals surface area contributed by atoms with Crippen molar-refractivity contribution >= 4 is 35.3 Å². The molecule has 0 amide bonds. The van der Waals surface area contributed by atoms with Gasteiger partial charge in [-0.15, -0.1) is 0 Å². The van der Waals surface area contributed by atoms with E-state index >= 15 is 0 Å². The lowest BCUT2D eigenvalue weighted by molar-refractivity contribution is -0.0500. The highest BCUT2D eigenvalue weighted by Gasteiger charge is 2.49. The van der Waals surface area contributed by atoms with Gasteiger partial charge in [-0.1, -0.05) is 32.0 Å². The summed E-state index contributed by atoms with van der Waals surface area (Å²) in [5.41, 5.74) is -2.15. The number of carbonyl (C=O) groups is 4. The molecule has 0 radical (unpaired) electrons. The minimum absolute atomic E-state index is 0.0399. The number of aromatic hydroxyl groups is 3. The van der Waals surface area contributed by atoms with Gasteiger partial charge in [-0.05, 0) is 91.2 Å². The van der Waals surface area contributed by atoms with Crippen molar-refractivity contribution in [2.45, 2.75) is 44.8 Å². The minimum atomic E-state index is -5.77. The molecule has 0 spiro atoms. The number of carbonyl (C=O) groups excluding carboxylic acids is 4. The van der Waals surface area contributed by atoms with Crippen molar-refractivity contribution in [2.24, 2.45) is 0 Å². The van der Waals surface area contributed by atoms with Gasteiger partial charge < -0.3 is 39.0 Å². The van der Waals surface area contributed by atoms with E-state index in [-0.39, 0.29) is 34.1 Å². The van der Waals surface area contributed by atoms with Crippen LogP contribution in [-0.4, -0.2) is 81.8 Å². The van der Waals surface area contributed by atoms with Gasteiger partial charge in [0.2, 0.25) is 0 Å². The lowest BCUT2D eigenvalue weighted by Gasteiger charge is -2.14. The van der Waals surface area contributed by atoms with E-state index in [0.717, 1.165) is 50.3 Å². The van der Waals surface area contributed by atoms with Crippen LogP contribution in [0.4, 0.5) is 13.2 Å². The zero-order valence-electron chi connectivity index (χ0n) is 37.0. The number of nitrogens with one attached hydrogen (secondary N) is 1. The first-order valence-electron chi connectivity index (χ1n) is 19.4. The SMILES string of the molecule is CCC(CC)NCc1ccc(C#N)c(O)c1.COc1cc(C=O)ccc1C#N.COc1cc(C=O)ccc1O.COc1cc(C=O)ccc1OS(=O)(=O)C(F)(F)F.N#Cc1ccc(C=O)cc1O. The van der Waals surface area contributed by atoms with Gasteiger partial charge in [0.25, 0.3) is 0 Å². The van der Waals surface area contributed by atoms with Gasteiger partial charge in [-0.3, -0.25) is 19.2 Å². The minimum Gasteiger partial charge on any atom is -0.507 e. The molecule has 0 aliphatic rings. The highest BCUT2D eigenvalue weighted by atomic mass is 32.2. The van der Waals surface area contributed by atoms with Crippen molar-refractivity contribution in [1.29, 1.82) is 15.8 Å². The number of hydrogen-bond donors (Lipinski definition) is 4. The molecular weight excluding hydrogens is 918 g/mol. The Morgan fingerprint density at radius 2 is 0.985 bits per heavy atom. The molecule has 0 heterocycles. The van der Waals surface area contributed by atoms with E-state index in [2.05, 4.69) is 28.1 Å². The number of methoxy groups -OCH3 is 3. The number of nitriles is 3. The van der Waals surface area contributed by atoms with E-state index in [1.165, 1.54) is 56.7 Å². The molecule has 21 heteroatoms. The summed E-state index contributed by atoms with van der Waals surface area (Å²) < 4.78 is 76.0. The topological polar surface area (TPSA) is 283 Å². The summed E-state index contributed by atoms with van der Waals surface area (Å²) in [5.74, 6) is -0.258. The molecule has 5 aromatic carbocycles. The first-order valence-corrected chi connectivity index (χ1v) is 20.8. The van der Waals surface area contributed by atoms with Crippen LogP contribution in [0, 0.1) is 34.0 Å². The van der Waals surface area contributed by atoms with Crippen LogP contribution in [0.3, 0.4) is 0 Å². The molecule has 68 heavy (non-hydrogen) atoms. The summed E-state index contributed by atoms with van der Waals surface area (Å²) in [7, 11) is -1.78. The lowest BCUT2D eigenvalue weighted by atomic mass is 10.1. The number of nitrogens with zero attached hydrogens (tertiary/aromatic N) is 3. The van der Waals surface area contributed by atoms with Crippen molar-refractivity contribution in [1.82, 2.24) is 5.32 Å². The Bertz CT molecular complexity index is 2710. The van der Waals surface area contributed by atoms with Gasteiger partial charge in [0.1, 0.15) is 60.6 Å². The predicted molar refractivity (Wildman–Crippen MR) is 239 cm³/mol. The number of alkyl halides is 3. The van der Waals surface area contributed by atoms with Crippen LogP contribution < -0.4 is 23.7 Å². The average Bonchev–Trinajstić information content (AvgIpc) is 3.34. The van der Waals surface area contributed by atoms with E-state index in [0.29, 0.717) is 70.5 Å². The molecule has 358 valence electrons. The maximum atomic E-state index is 12.1. The Hall–Kier alpha value is -8.45. The van der Waals surface area contributed by atoms with Crippen LogP contribution in [0.5, 0.6) is 40.2 Å². The van der Waals surface area contributed by atoms with Gasteiger partial charge in [0.05, 0.1) is 38.0 Å². The molecule has 0 aliphatic heterocycles. The number of rotatable bonds is 14. The van der Waals surface area contributed by atoms with Crippen LogP contribution in [0.1, 0.15) is 90.4 Å². The summed E-state index contributed by atoms with van der Waals surface area (Å²) >= 11 is 0. The summed E-state index contributed by atoms with van der Waals surface area (Å²) in [5, 5.41) is 56.7. The monoisotopic (exact) mass is 962 g/mol. The molecule has 0 aromatic heterocycles. The van der Waals surface area contributed by atoms with E-state index in [1.54, 1.807) is 30.3 Å². The molecule has 0 atom stereocenters. The van der Waals surface area contributed by atoms with Crippen LogP contribution in [0.15, 0.2) is 91.0 Å². The Morgan fingerprint density at radius 3 is 1.41 bits per heavy atom. The Balaban J connectivity index is 0.000000431. The first kappa shape index (κ1) is 57.6. The van der Waals surface area contributed by atoms with Gasteiger partial charge in [-0.2, -0.15) is 37.4 Å². The molecule has 17 nitrogen and oxygen atoms in total. The predicted octanol–water partition coefficient (Wildman–Crippen LogP) is 7.95. The number of phenolic OH excluding ortho intramolecular Hbond substituents is 3. The molecule has 0 bridgehead atoms. The van der Waals surface area contributed by atoms with E-state index in [9.17, 15) is 45.9 Å². The second-order valence-corrected chi connectivity index (χ2v) is 14.7. The van der Waals surface area contributed by atoms with Gasteiger partial charge in [0, 0.05) is 34.8 Å². The number of ether oxygens (including phenoxy) is 3.